The Hall–Kier alpha value is -7.43. The van der Waals surface area contributed by atoms with E-state index in [0.717, 1.165) is 61.3 Å². The molecule has 0 unspecified atom stereocenters. The van der Waals surface area contributed by atoms with Crippen LogP contribution in [0.2, 0.25) is 0 Å². The molecule has 0 aliphatic heterocycles. The Kier molecular flexibility index (Phi) is 7.14. The molecule has 0 amide bonds. The molecule has 0 bridgehead atoms. The number of para-hydroxylation sites is 2. The smallest absolute Gasteiger partial charge is 0.227 e. The van der Waals surface area contributed by atoms with Gasteiger partial charge in [0.2, 0.25) is 5.89 Å². The number of hydrogen-bond donors (Lipinski definition) is 0. The van der Waals surface area contributed by atoms with E-state index < -0.39 is 0 Å². The molecule has 0 N–H and O–H groups in total. The first-order chi connectivity index (χ1) is 27.3. The summed E-state index contributed by atoms with van der Waals surface area (Å²) >= 11 is 0. The van der Waals surface area contributed by atoms with E-state index in [-0.39, 0.29) is 0 Å². The van der Waals surface area contributed by atoms with Crippen molar-refractivity contribution in [2.45, 2.75) is 0 Å². The van der Waals surface area contributed by atoms with Crippen LogP contribution in [0.25, 0.3) is 82.7 Å². The number of nitrogens with zero attached hydrogens (tertiary/aromatic N) is 3. The molecule has 258 valence electrons. The maximum atomic E-state index is 6.69. The lowest BCUT2D eigenvalue weighted by Gasteiger charge is -2.26. The summed E-state index contributed by atoms with van der Waals surface area (Å²) in [5.41, 5.74) is 11.3. The van der Waals surface area contributed by atoms with Crippen molar-refractivity contribution in [2.75, 3.05) is 4.90 Å². The molecule has 4 nitrogen and oxygen atoms in total. The molecule has 0 fully saturated rings. The van der Waals surface area contributed by atoms with E-state index in [4.69, 9.17) is 9.40 Å². The second-order valence-electron chi connectivity index (χ2n) is 14.0. The standard InChI is InChI=1S/C51H33N3O/c1-3-14-36(15-4-1)51-52-49-48(32-39-17-9-10-20-43(39)50(49)55-51)53(41-27-25-35(26-28-41)38-24-23-34-13-7-8-16-37(34)31-38)42-29-30-45-44-21-11-12-22-46(44)54(47(45)33-42)40-18-5-2-6-19-40/h1-33H. The van der Waals surface area contributed by atoms with Crippen molar-refractivity contribution in [3.8, 4) is 28.3 Å². The normalized spacial score (nSPS) is 11.6. The van der Waals surface area contributed by atoms with Gasteiger partial charge in [0.05, 0.1) is 16.7 Å². The predicted molar refractivity (Wildman–Crippen MR) is 229 cm³/mol. The first-order valence-corrected chi connectivity index (χ1v) is 18.6. The Bertz CT molecular complexity index is 3200. The molecule has 0 saturated carbocycles. The van der Waals surface area contributed by atoms with Gasteiger partial charge in [0.15, 0.2) is 5.58 Å². The number of hydrogen-bond acceptors (Lipinski definition) is 3. The maximum Gasteiger partial charge on any atom is 0.227 e. The SMILES string of the molecule is c1ccc(-c2nc3c(N(c4ccc(-c5ccc6ccccc6c5)cc4)c4ccc5c6ccccc6n(-c6ccccc6)c5c4)cc4ccccc4c3o2)cc1. The molecule has 55 heavy (non-hydrogen) atoms. The number of aromatic nitrogens is 2. The van der Waals surface area contributed by atoms with E-state index >= 15 is 0 Å². The van der Waals surface area contributed by atoms with Crippen molar-refractivity contribution in [3.05, 3.63) is 200 Å². The maximum absolute atomic E-state index is 6.69. The fourth-order valence-electron chi connectivity index (χ4n) is 8.15. The van der Waals surface area contributed by atoms with Gasteiger partial charge in [-0.3, -0.25) is 0 Å². The van der Waals surface area contributed by atoms with Gasteiger partial charge in [-0.25, -0.2) is 4.98 Å². The Morgan fingerprint density at radius 2 is 1.05 bits per heavy atom. The van der Waals surface area contributed by atoms with Crippen LogP contribution in [-0.2, 0) is 0 Å². The third kappa shape index (κ3) is 5.19. The summed E-state index contributed by atoms with van der Waals surface area (Å²) in [5.74, 6) is 0.597. The third-order valence-corrected chi connectivity index (χ3v) is 10.8. The lowest BCUT2D eigenvalue weighted by molar-refractivity contribution is 0.623. The van der Waals surface area contributed by atoms with Crippen LogP contribution < -0.4 is 4.90 Å². The first kappa shape index (κ1) is 31.1. The third-order valence-electron chi connectivity index (χ3n) is 10.8. The van der Waals surface area contributed by atoms with Gasteiger partial charge in [-0.2, -0.15) is 0 Å². The summed E-state index contributed by atoms with van der Waals surface area (Å²) in [4.78, 5) is 7.58. The highest BCUT2D eigenvalue weighted by atomic mass is 16.3. The zero-order valence-corrected chi connectivity index (χ0v) is 29.8. The average Bonchev–Trinajstić information content (AvgIpc) is 3.85. The molecular weight excluding hydrogens is 671 g/mol. The van der Waals surface area contributed by atoms with Crippen molar-refractivity contribution >= 4 is 71.5 Å². The van der Waals surface area contributed by atoms with Crippen molar-refractivity contribution in [3.63, 3.8) is 0 Å². The number of oxazole rings is 1. The fourth-order valence-corrected chi connectivity index (χ4v) is 8.15. The molecule has 0 aliphatic rings. The number of anilines is 3. The van der Waals surface area contributed by atoms with E-state index in [1.54, 1.807) is 0 Å². The monoisotopic (exact) mass is 703 g/mol. The summed E-state index contributed by atoms with van der Waals surface area (Å²) in [5, 5.41) is 6.99. The Labute approximate surface area is 317 Å². The summed E-state index contributed by atoms with van der Waals surface area (Å²) in [6.45, 7) is 0. The number of rotatable bonds is 6. The quantitative estimate of drug-likeness (QED) is 0.173. The van der Waals surface area contributed by atoms with E-state index in [9.17, 15) is 0 Å². The fraction of sp³-hybridized carbons (Fsp3) is 0. The summed E-state index contributed by atoms with van der Waals surface area (Å²) in [7, 11) is 0. The van der Waals surface area contributed by atoms with Crippen LogP contribution in [0.15, 0.2) is 205 Å². The molecule has 4 heteroatoms. The summed E-state index contributed by atoms with van der Waals surface area (Å²) in [6.07, 6.45) is 0. The second kappa shape index (κ2) is 12.6. The largest absolute Gasteiger partial charge is 0.435 e. The zero-order chi connectivity index (χ0) is 36.3. The molecule has 11 rings (SSSR count). The van der Waals surface area contributed by atoms with E-state index in [2.05, 4.69) is 179 Å². The van der Waals surface area contributed by atoms with Gasteiger partial charge in [-0.1, -0.05) is 133 Å². The van der Waals surface area contributed by atoms with Crippen molar-refractivity contribution in [2.24, 2.45) is 0 Å². The topological polar surface area (TPSA) is 34.2 Å². The molecule has 0 radical (unpaired) electrons. The van der Waals surface area contributed by atoms with E-state index in [1.165, 1.54) is 32.6 Å². The van der Waals surface area contributed by atoms with Gasteiger partial charge in [0.1, 0.15) is 5.52 Å². The van der Waals surface area contributed by atoms with E-state index in [0.29, 0.717) is 5.89 Å². The lowest BCUT2D eigenvalue weighted by atomic mass is 10.0. The Morgan fingerprint density at radius 1 is 0.418 bits per heavy atom. The highest BCUT2D eigenvalue weighted by Crippen LogP contribution is 2.45. The molecule has 2 heterocycles. The Morgan fingerprint density at radius 3 is 1.87 bits per heavy atom. The van der Waals surface area contributed by atoms with Crippen molar-refractivity contribution in [1.82, 2.24) is 9.55 Å². The highest BCUT2D eigenvalue weighted by Gasteiger charge is 2.23. The minimum atomic E-state index is 0.597. The van der Waals surface area contributed by atoms with Gasteiger partial charge in [0.25, 0.3) is 0 Å². The molecule has 0 atom stereocenters. The molecule has 0 saturated heterocycles. The van der Waals surface area contributed by atoms with Crippen LogP contribution in [0.3, 0.4) is 0 Å². The molecule has 2 aromatic heterocycles. The summed E-state index contributed by atoms with van der Waals surface area (Å²) in [6, 6.07) is 71.0. The van der Waals surface area contributed by atoms with Crippen LogP contribution in [0, 0.1) is 0 Å². The Balaban J connectivity index is 1.17. The molecule has 0 spiro atoms. The van der Waals surface area contributed by atoms with Crippen molar-refractivity contribution < 1.29 is 4.42 Å². The van der Waals surface area contributed by atoms with Gasteiger partial charge in [-0.05, 0) is 94.0 Å². The highest BCUT2D eigenvalue weighted by molar-refractivity contribution is 6.13. The van der Waals surface area contributed by atoms with Gasteiger partial charge >= 0.3 is 0 Å². The molecule has 9 aromatic carbocycles. The zero-order valence-electron chi connectivity index (χ0n) is 29.8. The molecule has 11 aromatic rings. The molecular formula is C51H33N3O. The first-order valence-electron chi connectivity index (χ1n) is 18.6. The van der Waals surface area contributed by atoms with Crippen LogP contribution in [0.1, 0.15) is 0 Å². The van der Waals surface area contributed by atoms with Crippen LogP contribution in [-0.4, -0.2) is 9.55 Å². The van der Waals surface area contributed by atoms with Crippen LogP contribution in [0.5, 0.6) is 0 Å². The van der Waals surface area contributed by atoms with Gasteiger partial charge in [-0.15, -0.1) is 0 Å². The average molecular weight is 704 g/mol. The number of fused-ring (bicyclic) bond motifs is 7. The summed E-state index contributed by atoms with van der Waals surface area (Å²) < 4.78 is 9.06. The van der Waals surface area contributed by atoms with Gasteiger partial charge in [0, 0.05) is 38.8 Å². The van der Waals surface area contributed by atoms with Crippen LogP contribution in [0.4, 0.5) is 17.1 Å². The lowest BCUT2D eigenvalue weighted by Crippen LogP contribution is -2.11. The molecule has 0 aliphatic carbocycles. The minimum Gasteiger partial charge on any atom is -0.435 e. The van der Waals surface area contributed by atoms with Gasteiger partial charge < -0.3 is 13.9 Å². The van der Waals surface area contributed by atoms with Crippen molar-refractivity contribution in [1.29, 1.82) is 0 Å². The minimum absolute atomic E-state index is 0.597. The number of benzene rings is 9. The van der Waals surface area contributed by atoms with Crippen LogP contribution >= 0.6 is 0 Å². The second-order valence-corrected chi connectivity index (χ2v) is 14.0. The van der Waals surface area contributed by atoms with E-state index in [1.807, 2.05) is 30.3 Å². The predicted octanol–water partition coefficient (Wildman–Crippen LogP) is 14.0.